The van der Waals surface area contributed by atoms with E-state index >= 15 is 0 Å². The number of H-pyrrole nitrogens is 2. The van der Waals surface area contributed by atoms with Crippen LogP contribution < -0.4 is 9.88 Å². The van der Waals surface area contributed by atoms with Crippen LogP contribution in [0.2, 0.25) is 5.02 Å². The minimum absolute atomic E-state index is 0.0623. The summed E-state index contributed by atoms with van der Waals surface area (Å²) < 4.78 is 28.5. The zero-order chi connectivity index (χ0) is 20.6. The third kappa shape index (κ3) is 3.99. The van der Waals surface area contributed by atoms with Crippen LogP contribution in [0.25, 0.3) is 22.6 Å². The molecule has 0 bridgehead atoms. The van der Waals surface area contributed by atoms with Crippen LogP contribution in [0.15, 0.2) is 53.4 Å². The van der Waals surface area contributed by atoms with Gasteiger partial charge in [-0.05, 0) is 30.3 Å². The van der Waals surface area contributed by atoms with Crippen LogP contribution in [0.4, 0.5) is 0 Å². The first-order chi connectivity index (χ1) is 13.8. The number of nitrogens with zero attached hydrogens (tertiary/aromatic N) is 2. The number of aromatic nitrogens is 4. The normalized spacial score (nSPS) is 11.7. The molecule has 2 aromatic heterocycles. The van der Waals surface area contributed by atoms with E-state index in [9.17, 15) is 13.2 Å². The molecular formula is C18H14ClN5O4S. The molecular weight excluding hydrogens is 418 g/mol. The molecule has 4 rings (SSSR count). The van der Waals surface area contributed by atoms with Crippen LogP contribution in [0, 0.1) is 0 Å². The fourth-order valence-corrected chi connectivity index (χ4v) is 3.77. The van der Waals surface area contributed by atoms with Gasteiger partial charge in [-0.15, -0.1) is 5.10 Å². The summed E-state index contributed by atoms with van der Waals surface area (Å²) in [7, 11) is -4.05. The van der Waals surface area contributed by atoms with Crippen LogP contribution in [0.5, 0.6) is 5.88 Å². The summed E-state index contributed by atoms with van der Waals surface area (Å²) in [6.45, 7) is -0.351. The summed E-state index contributed by atoms with van der Waals surface area (Å²) in [5.74, 6) is 0.310. The van der Waals surface area contributed by atoms with Gasteiger partial charge in [0.1, 0.15) is 10.6 Å². The molecule has 0 fully saturated rings. The molecule has 2 heterocycles. The zero-order valence-electron chi connectivity index (χ0n) is 14.7. The Hall–Kier alpha value is -3.21. The Kier molecular flexibility index (Phi) is 4.82. The minimum Gasteiger partial charge on any atom is -0.468 e. The van der Waals surface area contributed by atoms with E-state index in [-0.39, 0.29) is 28.0 Å². The number of hydrogen-bond acceptors (Lipinski definition) is 6. The van der Waals surface area contributed by atoms with E-state index in [4.69, 9.17) is 21.5 Å². The number of hydrogen-bond donors (Lipinski definition) is 3. The number of ether oxygens (including phenoxy) is 1. The van der Waals surface area contributed by atoms with Gasteiger partial charge in [0.25, 0.3) is 0 Å². The average molecular weight is 432 g/mol. The lowest BCUT2D eigenvalue weighted by Crippen LogP contribution is -2.16. The van der Waals surface area contributed by atoms with Crippen molar-refractivity contribution < 1.29 is 17.9 Å². The standard InChI is InChI=1S/C18H14ClN5O4S/c19-11-6-5-10(7-16(11)29(20,26)27)15(25)9-28-17-8-14(23-24-17)18-21-12-3-1-2-4-13(12)22-18/h1-8H,9H2,(H,21,22)(H,23,24)(H2,20,26,27). The van der Waals surface area contributed by atoms with Crippen molar-refractivity contribution in [3.8, 4) is 17.4 Å². The van der Waals surface area contributed by atoms with Crippen molar-refractivity contribution in [3.05, 3.63) is 59.1 Å². The second-order valence-corrected chi connectivity index (χ2v) is 8.06. The number of aromatic amines is 2. The van der Waals surface area contributed by atoms with E-state index in [1.165, 1.54) is 12.1 Å². The molecule has 0 saturated heterocycles. The van der Waals surface area contributed by atoms with Crippen molar-refractivity contribution in [1.29, 1.82) is 0 Å². The van der Waals surface area contributed by atoms with Crippen LogP contribution in [-0.2, 0) is 10.0 Å². The fourth-order valence-electron chi connectivity index (χ4n) is 2.70. The molecule has 0 saturated carbocycles. The van der Waals surface area contributed by atoms with Crippen molar-refractivity contribution in [2.75, 3.05) is 6.61 Å². The SMILES string of the molecule is NS(=O)(=O)c1cc(C(=O)COc2cc(-c3nc4ccccc4[nH]3)[nH]n2)ccc1Cl. The summed E-state index contributed by atoms with van der Waals surface area (Å²) in [6, 6.07) is 13.0. The van der Waals surface area contributed by atoms with Gasteiger partial charge in [0, 0.05) is 11.6 Å². The van der Waals surface area contributed by atoms with Gasteiger partial charge in [-0.1, -0.05) is 23.7 Å². The summed E-state index contributed by atoms with van der Waals surface area (Å²) >= 11 is 5.82. The van der Waals surface area contributed by atoms with E-state index in [0.29, 0.717) is 11.5 Å². The average Bonchev–Trinajstić information content (AvgIpc) is 3.32. The third-order valence-corrected chi connectivity index (χ3v) is 5.50. The molecule has 0 unspecified atom stereocenters. The summed E-state index contributed by atoms with van der Waals surface area (Å²) in [6.07, 6.45) is 0. The molecule has 2 aromatic carbocycles. The lowest BCUT2D eigenvalue weighted by atomic mass is 10.1. The summed E-state index contributed by atoms with van der Waals surface area (Å²) in [5, 5.41) is 11.8. The molecule has 11 heteroatoms. The fraction of sp³-hybridized carbons (Fsp3) is 0.0556. The number of primary sulfonamides is 1. The van der Waals surface area contributed by atoms with Gasteiger partial charge in [0.05, 0.1) is 16.1 Å². The van der Waals surface area contributed by atoms with E-state index in [0.717, 1.165) is 17.1 Å². The van der Waals surface area contributed by atoms with Crippen molar-refractivity contribution in [3.63, 3.8) is 0 Å². The molecule has 0 aliphatic rings. The Bertz CT molecular complexity index is 1300. The molecule has 9 nitrogen and oxygen atoms in total. The lowest BCUT2D eigenvalue weighted by molar-refractivity contribution is 0.0918. The third-order valence-electron chi connectivity index (χ3n) is 4.11. The zero-order valence-corrected chi connectivity index (χ0v) is 16.3. The van der Waals surface area contributed by atoms with Gasteiger partial charge in [-0.25, -0.2) is 18.5 Å². The number of nitrogens with one attached hydrogen (secondary N) is 2. The van der Waals surface area contributed by atoms with Crippen LogP contribution in [0.3, 0.4) is 0 Å². The number of rotatable bonds is 6. The molecule has 0 aliphatic carbocycles. The molecule has 29 heavy (non-hydrogen) atoms. The van der Waals surface area contributed by atoms with E-state index in [1.807, 2.05) is 24.3 Å². The molecule has 0 spiro atoms. The number of para-hydroxylation sites is 2. The maximum absolute atomic E-state index is 12.3. The summed E-state index contributed by atoms with van der Waals surface area (Å²) in [5.41, 5.74) is 2.38. The number of benzene rings is 2. The molecule has 0 radical (unpaired) electrons. The number of Topliss-reactive ketones (excluding diaryl/α,β-unsaturated/α-hetero) is 1. The Morgan fingerprint density at radius 2 is 1.97 bits per heavy atom. The molecule has 4 N–H and O–H groups in total. The molecule has 0 aliphatic heterocycles. The van der Waals surface area contributed by atoms with Crippen LogP contribution in [0.1, 0.15) is 10.4 Å². The Balaban J connectivity index is 1.48. The number of carbonyl (C=O) groups excluding carboxylic acids is 1. The van der Waals surface area contributed by atoms with E-state index in [2.05, 4.69) is 20.2 Å². The highest BCUT2D eigenvalue weighted by Gasteiger charge is 2.17. The van der Waals surface area contributed by atoms with Crippen molar-refractivity contribution in [1.82, 2.24) is 20.2 Å². The largest absolute Gasteiger partial charge is 0.468 e. The van der Waals surface area contributed by atoms with Crippen molar-refractivity contribution >= 4 is 38.4 Å². The first kappa shape index (κ1) is 19.1. The van der Waals surface area contributed by atoms with Gasteiger partial charge >= 0.3 is 0 Å². The number of fused-ring (bicyclic) bond motifs is 1. The monoisotopic (exact) mass is 431 g/mol. The van der Waals surface area contributed by atoms with Gasteiger partial charge in [-0.3, -0.25) is 9.89 Å². The number of ketones is 1. The van der Waals surface area contributed by atoms with Crippen molar-refractivity contribution in [2.45, 2.75) is 4.90 Å². The van der Waals surface area contributed by atoms with Crippen molar-refractivity contribution in [2.24, 2.45) is 5.14 Å². The highest BCUT2D eigenvalue weighted by atomic mass is 35.5. The number of halogens is 1. The molecule has 4 aromatic rings. The highest BCUT2D eigenvalue weighted by molar-refractivity contribution is 7.89. The number of imidazole rings is 1. The number of carbonyl (C=O) groups is 1. The first-order valence-electron chi connectivity index (χ1n) is 8.30. The Morgan fingerprint density at radius 3 is 2.72 bits per heavy atom. The number of sulfonamides is 1. The molecule has 148 valence electrons. The summed E-state index contributed by atoms with van der Waals surface area (Å²) in [4.78, 5) is 19.6. The highest BCUT2D eigenvalue weighted by Crippen LogP contribution is 2.23. The predicted octanol–water partition coefficient (Wildman–Crippen LogP) is 2.52. The van der Waals surface area contributed by atoms with Crippen LogP contribution in [-0.4, -0.2) is 41.0 Å². The molecule has 0 atom stereocenters. The first-order valence-corrected chi connectivity index (χ1v) is 10.2. The topological polar surface area (TPSA) is 144 Å². The Labute approximate surface area is 169 Å². The quantitative estimate of drug-likeness (QED) is 0.400. The van der Waals surface area contributed by atoms with Gasteiger partial charge in [0.15, 0.2) is 18.2 Å². The predicted molar refractivity (Wildman–Crippen MR) is 106 cm³/mol. The van der Waals surface area contributed by atoms with Gasteiger partial charge < -0.3 is 9.72 Å². The van der Waals surface area contributed by atoms with Gasteiger partial charge in [-0.2, -0.15) is 0 Å². The second-order valence-electron chi connectivity index (χ2n) is 6.12. The molecule has 0 amide bonds. The maximum Gasteiger partial charge on any atom is 0.239 e. The van der Waals surface area contributed by atoms with E-state index < -0.39 is 15.8 Å². The lowest BCUT2D eigenvalue weighted by Gasteiger charge is -2.06. The smallest absolute Gasteiger partial charge is 0.239 e. The second kappa shape index (κ2) is 7.32. The Morgan fingerprint density at radius 1 is 1.17 bits per heavy atom. The van der Waals surface area contributed by atoms with Crippen LogP contribution >= 0.6 is 11.6 Å². The maximum atomic E-state index is 12.3. The van der Waals surface area contributed by atoms with Gasteiger partial charge in [0.2, 0.25) is 15.9 Å². The minimum atomic E-state index is -4.05. The number of nitrogens with two attached hydrogens (primary N) is 1. The van der Waals surface area contributed by atoms with E-state index in [1.54, 1.807) is 6.07 Å².